The van der Waals surface area contributed by atoms with Gasteiger partial charge in [-0.25, -0.2) is 4.99 Å². The number of aliphatic imine (C=N–C) groups is 1. The Hall–Kier alpha value is -3.59. The van der Waals surface area contributed by atoms with Crippen molar-refractivity contribution < 1.29 is 23.8 Å². The lowest BCUT2D eigenvalue weighted by Gasteiger charge is -2.39. The van der Waals surface area contributed by atoms with E-state index in [1.807, 2.05) is 43.3 Å². The number of amides is 1. The van der Waals surface area contributed by atoms with Gasteiger partial charge in [0.1, 0.15) is 6.04 Å². The van der Waals surface area contributed by atoms with E-state index in [0.717, 1.165) is 42.3 Å². The number of carbonyl (C=O) groups excluding carboxylic acids is 2. The smallest absolute Gasteiger partial charge is 0.321 e. The van der Waals surface area contributed by atoms with Crippen molar-refractivity contribution in [2.45, 2.75) is 26.4 Å². The number of guanidine groups is 1. The predicted octanol–water partition coefficient (Wildman–Crippen LogP) is 2.25. The van der Waals surface area contributed by atoms with E-state index in [1.54, 1.807) is 6.92 Å². The summed E-state index contributed by atoms with van der Waals surface area (Å²) >= 11 is 0. The first-order valence-corrected chi connectivity index (χ1v) is 12.0. The van der Waals surface area contributed by atoms with Gasteiger partial charge < -0.3 is 19.1 Å². The van der Waals surface area contributed by atoms with Crippen LogP contribution >= 0.6 is 0 Å². The predicted molar refractivity (Wildman–Crippen MR) is 129 cm³/mol. The van der Waals surface area contributed by atoms with Crippen molar-refractivity contribution in [3.8, 4) is 11.5 Å². The minimum absolute atomic E-state index is 0.213. The van der Waals surface area contributed by atoms with Crippen LogP contribution in [0.4, 0.5) is 0 Å². The molecule has 1 saturated heterocycles. The number of fused-ring (bicyclic) bond motifs is 1. The molecule has 3 aliphatic heterocycles. The van der Waals surface area contributed by atoms with Crippen molar-refractivity contribution in [1.29, 1.82) is 0 Å². The van der Waals surface area contributed by atoms with Crippen LogP contribution in [0.3, 0.4) is 0 Å². The van der Waals surface area contributed by atoms with Gasteiger partial charge in [0.25, 0.3) is 0 Å². The molecule has 3 heterocycles. The first-order chi connectivity index (χ1) is 17.0. The van der Waals surface area contributed by atoms with Gasteiger partial charge in [-0.15, -0.1) is 0 Å². The molecule has 5 rings (SSSR count). The summed E-state index contributed by atoms with van der Waals surface area (Å²) in [6.07, 6.45) is 0. The summed E-state index contributed by atoms with van der Waals surface area (Å²) in [6, 6.07) is 13.2. The number of hydrogen-bond donors (Lipinski definition) is 1. The highest BCUT2D eigenvalue weighted by molar-refractivity contribution is 6.08. The van der Waals surface area contributed by atoms with Gasteiger partial charge in [0.2, 0.25) is 18.7 Å². The van der Waals surface area contributed by atoms with E-state index in [-0.39, 0.29) is 19.3 Å². The molecule has 1 N–H and O–H groups in total. The quantitative estimate of drug-likeness (QED) is 0.521. The normalized spacial score (nSPS) is 21.9. The Morgan fingerprint density at radius 2 is 1.83 bits per heavy atom. The van der Waals surface area contributed by atoms with Crippen LogP contribution in [0.15, 0.2) is 47.5 Å². The van der Waals surface area contributed by atoms with Crippen LogP contribution in [-0.2, 0) is 20.9 Å². The van der Waals surface area contributed by atoms with Gasteiger partial charge in [-0.3, -0.25) is 19.8 Å². The summed E-state index contributed by atoms with van der Waals surface area (Å²) in [6.45, 7) is 8.09. The second-order valence-electron chi connectivity index (χ2n) is 8.98. The lowest BCUT2D eigenvalue weighted by atomic mass is 9.91. The minimum atomic E-state index is -1.01. The summed E-state index contributed by atoms with van der Waals surface area (Å²) < 4.78 is 16.1. The Morgan fingerprint density at radius 1 is 1.09 bits per heavy atom. The third kappa shape index (κ3) is 4.95. The topological polar surface area (TPSA) is 92.7 Å². The third-order valence-corrected chi connectivity index (χ3v) is 6.57. The van der Waals surface area contributed by atoms with Gasteiger partial charge in [0.05, 0.1) is 6.61 Å². The fraction of sp³-hybridized carbons (Fsp3) is 0.423. The van der Waals surface area contributed by atoms with Crippen molar-refractivity contribution in [3.63, 3.8) is 0 Å². The number of carbonyl (C=O) groups is 2. The average Bonchev–Trinajstić information content (AvgIpc) is 3.32. The number of piperazine rings is 1. The number of rotatable bonds is 5. The van der Waals surface area contributed by atoms with Gasteiger partial charge in [-0.05, 0) is 37.1 Å². The number of nitrogens with one attached hydrogen (secondary N) is 1. The molecule has 3 aliphatic rings. The van der Waals surface area contributed by atoms with Gasteiger partial charge in [-0.1, -0.05) is 35.9 Å². The van der Waals surface area contributed by atoms with Crippen LogP contribution in [-0.4, -0.2) is 67.2 Å². The summed E-state index contributed by atoms with van der Waals surface area (Å²) in [5.41, 5.74) is 3.09. The Morgan fingerprint density at radius 3 is 2.57 bits per heavy atom. The van der Waals surface area contributed by atoms with Crippen LogP contribution in [0.5, 0.6) is 11.5 Å². The third-order valence-electron chi connectivity index (χ3n) is 6.57. The number of ether oxygens (including phenoxy) is 3. The van der Waals surface area contributed by atoms with Gasteiger partial charge in [0.15, 0.2) is 17.4 Å². The lowest BCUT2D eigenvalue weighted by Crippen LogP contribution is -2.57. The Bertz CT molecular complexity index is 1130. The summed E-state index contributed by atoms with van der Waals surface area (Å²) in [5.74, 6) is 0.166. The largest absolute Gasteiger partial charge is 0.465 e. The summed E-state index contributed by atoms with van der Waals surface area (Å²) in [4.78, 5) is 35.0. The molecule has 0 bridgehead atoms. The maximum absolute atomic E-state index is 13.1. The van der Waals surface area contributed by atoms with Crippen LogP contribution in [0.25, 0.3) is 0 Å². The number of aryl methyl sites for hydroxylation is 1. The van der Waals surface area contributed by atoms with Crippen molar-refractivity contribution >= 4 is 17.8 Å². The monoisotopic (exact) mass is 478 g/mol. The zero-order chi connectivity index (χ0) is 24.4. The first kappa shape index (κ1) is 23.2. The summed E-state index contributed by atoms with van der Waals surface area (Å²) in [7, 11) is 0. The maximum atomic E-state index is 13.1. The van der Waals surface area contributed by atoms with Crippen molar-refractivity contribution in [1.82, 2.24) is 15.1 Å². The maximum Gasteiger partial charge on any atom is 0.321 e. The van der Waals surface area contributed by atoms with Crippen molar-refractivity contribution in [3.05, 3.63) is 59.2 Å². The molecule has 0 unspecified atom stereocenters. The molecule has 0 radical (unpaired) electrons. The van der Waals surface area contributed by atoms with E-state index in [2.05, 4.69) is 21.2 Å². The highest BCUT2D eigenvalue weighted by atomic mass is 16.7. The zero-order valence-electron chi connectivity index (χ0n) is 20.0. The molecule has 35 heavy (non-hydrogen) atoms. The number of hydrogen-bond acceptors (Lipinski definition) is 8. The standard InChI is InChI=1S/C26H30N4O5/c1-3-33-25(32)22-23(19-7-4-17(2)5-8-19)27-26(28-24(22)31)30-12-10-29(11-13-30)15-18-6-9-20-21(14-18)35-16-34-20/h4-9,14,22-23H,3,10-13,15-16H2,1-2H3,(H,27,28,31)/t22-,23-/m1/s1. The molecule has 1 fully saturated rings. The Labute approximate surface area is 204 Å². The number of esters is 1. The van der Waals surface area contributed by atoms with Crippen molar-refractivity contribution in [2.75, 3.05) is 39.6 Å². The van der Waals surface area contributed by atoms with Gasteiger partial charge in [-0.2, -0.15) is 0 Å². The molecule has 0 spiro atoms. The van der Waals surface area contributed by atoms with Crippen LogP contribution < -0.4 is 14.8 Å². The fourth-order valence-electron chi connectivity index (χ4n) is 4.64. The molecule has 2 aromatic rings. The first-order valence-electron chi connectivity index (χ1n) is 12.0. The molecule has 184 valence electrons. The number of benzene rings is 2. The molecular formula is C26H30N4O5. The SMILES string of the molecule is CCOC(=O)[C@H]1C(=O)NC(N2CCN(Cc3ccc4c(c3)OCO4)CC2)=N[C@@H]1c1ccc(C)cc1. The molecule has 1 amide bonds. The van der Waals surface area contributed by atoms with E-state index in [0.29, 0.717) is 19.0 Å². The van der Waals surface area contributed by atoms with E-state index in [9.17, 15) is 9.59 Å². The fourth-order valence-corrected chi connectivity index (χ4v) is 4.64. The van der Waals surface area contributed by atoms with E-state index < -0.39 is 17.9 Å². The van der Waals surface area contributed by atoms with Crippen molar-refractivity contribution in [2.24, 2.45) is 10.9 Å². The van der Waals surface area contributed by atoms with Gasteiger partial charge in [0, 0.05) is 32.7 Å². The Balaban J connectivity index is 1.29. The molecule has 2 atom stereocenters. The highest BCUT2D eigenvalue weighted by Crippen LogP contribution is 2.33. The molecule has 9 heteroatoms. The van der Waals surface area contributed by atoms with E-state index in [1.165, 1.54) is 5.56 Å². The minimum Gasteiger partial charge on any atom is -0.465 e. The number of nitrogens with zero attached hydrogens (tertiary/aromatic N) is 3. The molecule has 2 aromatic carbocycles. The molecule has 0 aliphatic carbocycles. The molecular weight excluding hydrogens is 448 g/mol. The zero-order valence-corrected chi connectivity index (χ0v) is 20.0. The van der Waals surface area contributed by atoms with Gasteiger partial charge >= 0.3 is 5.97 Å². The second-order valence-corrected chi connectivity index (χ2v) is 8.98. The lowest BCUT2D eigenvalue weighted by molar-refractivity contribution is -0.153. The van der Waals surface area contributed by atoms with Crippen LogP contribution in [0.1, 0.15) is 29.7 Å². The van der Waals surface area contributed by atoms with E-state index in [4.69, 9.17) is 19.2 Å². The molecule has 9 nitrogen and oxygen atoms in total. The van der Waals surface area contributed by atoms with Crippen LogP contribution in [0, 0.1) is 12.8 Å². The molecule has 0 saturated carbocycles. The molecule has 0 aromatic heterocycles. The van der Waals surface area contributed by atoms with Crippen LogP contribution in [0.2, 0.25) is 0 Å². The van der Waals surface area contributed by atoms with E-state index >= 15 is 0 Å². The average molecular weight is 479 g/mol. The second kappa shape index (κ2) is 9.95. The highest BCUT2D eigenvalue weighted by Gasteiger charge is 2.42. The Kier molecular flexibility index (Phi) is 6.59. The summed E-state index contributed by atoms with van der Waals surface area (Å²) in [5, 5.41) is 2.87.